The highest BCUT2D eigenvalue weighted by Crippen LogP contribution is 2.32. The fourth-order valence-electron chi connectivity index (χ4n) is 4.16. The first-order valence-electron chi connectivity index (χ1n) is 9.46. The van der Waals surface area contributed by atoms with E-state index in [2.05, 4.69) is 10.00 Å². The molecule has 2 aromatic rings. The minimum atomic E-state index is -0.168. The third-order valence-corrected chi connectivity index (χ3v) is 5.81. The summed E-state index contributed by atoms with van der Waals surface area (Å²) in [7, 11) is 1.65. The molecule has 2 atom stereocenters. The van der Waals surface area contributed by atoms with Gasteiger partial charge in [-0.25, -0.2) is 9.18 Å². The van der Waals surface area contributed by atoms with Crippen molar-refractivity contribution in [3.8, 4) is 0 Å². The Balaban J connectivity index is 1.35. The molecule has 0 spiro atoms. The van der Waals surface area contributed by atoms with E-state index in [1.807, 2.05) is 17.0 Å². The molecule has 1 aromatic carbocycles. The molecular weight excluding hydrogens is 361 g/mol. The van der Waals surface area contributed by atoms with Crippen LogP contribution in [0.25, 0.3) is 0 Å². The van der Waals surface area contributed by atoms with Gasteiger partial charge in [-0.1, -0.05) is 18.2 Å². The second kappa shape index (κ2) is 7.35. The number of hydrogen-bond acceptors (Lipinski definition) is 4. The van der Waals surface area contributed by atoms with E-state index in [0.717, 1.165) is 13.1 Å². The maximum Gasteiger partial charge on any atom is 0.344 e. The smallest absolute Gasteiger partial charge is 0.322 e. The number of amides is 2. The van der Waals surface area contributed by atoms with Crippen molar-refractivity contribution in [1.82, 2.24) is 19.6 Å². The Morgan fingerprint density at radius 2 is 1.86 bits per heavy atom. The fourth-order valence-corrected chi connectivity index (χ4v) is 4.16. The Kier molecular flexibility index (Phi) is 4.89. The first kappa shape index (κ1) is 18.6. The fraction of sp³-hybridized carbons (Fsp3) is 0.450. The maximum atomic E-state index is 13.9. The van der Waals surface area contributed by atoms with Gasteiger partial charge in [0.25, 0.3) is 0 Å². The molecular formula is C20H24FN5O2. The lowest BCUT2D eigenvalue weighted by Crippen LogP contribution is -2.36. The van der Waals surface area contributed by atoms with Crippen LogP contribution in [0.3, 0.4) is 0 Å². The summed E-state index contributed by atoms with van der Waals surface area (Å²) in [5.41, 5.74) is 1.31. The Morgan fingerprint density at radius 3 is 2.50 bits per heavy atom. The highest BCUT2D eigenvalue weighted by molar-refractivity contribution is 5.91. The summed E-state index contributed by atoms with van der Waals surface area (Å²) in [6, 6.07) is 6.72. The molecule has 0 radical (unpaired) electrons. The third kappa shape index (κ3) is 3.52. The number of anilines is 1. The predicted molar refractivity (Wildman–Crippen MR) is 102 cm³/mol. The highest BCUT2D eigenvalue weighted by atomic mass is 19.1. The lowest BCUT2D eigenvalue weighted by atomic mass is 10.0. The molecule has 2 amide bonds. The molecule has 0 bridgehead atoms. The molecule has 2 unspecified atom stereocenters. The molecule has 2 aliphatic rings. The van der Waals surface area contributed by atoms with Gasteiger partial charge < -0.3 is 9.80 Å². The van der Waals surface area contributed by atoms with Crippen LogP contribution in [0.5, 0.6) is 0 Å². The number of hydrogen-bond donors (Lipinski definition) is 0. The molecule has 28 heavy (non-hydrogen) atoms. The first-order chi connectivity index (χ1) is 13.4. The lowest BCUT2D eigenvalue weighted by Gasteiger charge is -2.21. The Bertz CT molecular complexity index is 884. The van der Waals surface area contributed by atoms with E-state index in [0.29, 0.717) is 42.7 Å². The SMILES string of the molecule is CC(=O)N(C)c1cnn(C(=O)N2CC3CN(Cc4ccccc4F)CC3C2)c1. The van der Waals surface area contributed by atoms with Gasteiger partial charge in [0.05, 0.1) is 18.1 Å². The van der Waals surface area contributed by atoms with Crippen LogP contribution in [0.1, 0.15) is 12.5 Å². The first-order valence-corrected chi connectivity index (χ1v) is 9.46. The number of fused-ring (bicyclic) bond motifs is 1. The van der Waals surface area contributed by atoms with Gasteiger partial charge in [0, 0.05) is 52.3 Å². The van der Waals surface area contributed by atoms with Crippen LogP contribution in [0.2, 0.25) is 0 Å². The third-order valence-electron chi connectivity index (χ3n) is 5.81. The minimum absolute atomic E-state index is 0.113. The van der Waals surface area contributed by atoms with Gasteiger partial charge in [-0.2, -0.15) is 9.78 Å². The molecule has 4 rings (SSSR count). The van der Waals surface area contributed by atoms with Crippen molar-refractivity contribution >= 4 is 17.6 Å². The van der Waals surface area contributed by atoms with Crippen molar-refractivity contribution in [3.05, 3.63) is 48.0 Å². The van der Waals surface area contributed by atoms with Crippen LogP contribution in [-0.2, 0) is 11.3 Å². The maximum absolute atomic E-state index is 13.9. The Hall–Kier alpha value is -2.74. The van der Waals surface area contributed by atoms with Crippen LogP contribution >= 0.6 is 0 Å². The summed E-state index contributed by atoms with van der Waals surface area (Å²) < 4.78 is 15.2. The number of carbonyl (C=O) groups excluding carboxylic acids is 2. The zero-order valence-corrected chi connectivity index (χ0v) is 16.1. The number of halogens is 1. The molecule has 0 aliphatic carbocycles. The van der Waals surface area contributed by atoms with Gasteiger partial charge in [0.15, 0.2) is 0 Å². The van der Waals surface area contributed by atoms with Crippen LogP contribution in [0.4, 0.5) is 14.9 Å². The summed E-state index contributed by atoms with van der Waals surface area (Å²) in [4.78, 5) is 29.8. The van der Waals surface area contributed by atoms with Crippen molar-refractivity contribution in [2.24, 2.45) is 11.8 Å². The van der Waals surface area contributed by atoms with Crippen LogP contribution < -0.4 is 4.90 Å². The largest absolute Gasteiger partial charge is 0.344 e. The molecule has 1 aromatic heterocycles. The minimum Gasteiger partial charge on any atom is -0.322 e. The predicted octanol–water partition coefficient (Wildman–Crippen LogP) is 2.04. The van der Waals surface area contributed by atoms with Crippen molar-refractivity contribution in [1.29, 1.82) is 0 Å². The van der Waals surface area contributed by atoms with Crippen LogP contribution in [0.15, 0.2) is 36.7 Å². The van der Waals surface area contributed by atoms with Crippen molar-refractivity contribution in [2.75, 3.05) is 38.1 Å². The standard InChI is InChI=1S/C20H24FN5O2/c1-14(27)23(2)18-7-22-26(13-18)20(28)25-11-16-9-24(10-17(16)12-25)8-15-5-3-4-6-19(15)21/h3-7,13,16-17H,8-12H2,1-2H3. The second-order valence-corrected chi connectivity index (χ2v) is 7.71. The zero-order chi connectivity index (χ0) is 19.8. The molecule has 2 fully saturated rings. The number of nitrogens with zero attached hydrogens (tertiary/aromatic N) is 5. The van der Waals surface area contributed by atoms with E-state index in [1.54, 1.807) is 19.3 Å². The van der Waals surface area contributed by atoms with Gasteiger partial charge in [-0.05, 0) is 17.9 Å². The zero-order valence-electron chi connectivity index (χ0n) is 16.1. The van der Waals surface area contributed by atoms with E-state index < -0.39 is 0 Å². The summed E-state index contributed by atoms with van der Waals surface area (Å²) >= 11 is 0. The van der Waals surface area contributed by atoms with Crippen LogP contribution in [0, 0.1) is 17.7 Å². The number of benzene rings is 1. The molecule has 0 saturated carbocycles. The van der Waals surface area contributed by atoms with Crippen molar-refractivity contribution in [2.45, 2.75) is 13.5 Å². The van der Waals surface area contributed by atoms with Gasteiger partial charge in [0.1, 0.15) is 5.82 Å². The summed E-state index contributed by atoms with van der Waals surface area (Å²) in [6.07, 6.45) is 3.11. The van der Waals surface area contributed by atoms with Crippen molar-refractivity contribution < 1.29 is 14.0 Å². The summed E-state index contributed by atoms with van der Waals surface area (Å²) in [6.45, 7) is 5.14. The number of carbonyl (C=O) groups is 2. The van der Waals surface area contributed by atoms with E-state index in [-0.39, 0.29) is 17.8 Å². The molecule has 2 saturated heterocycles. The van der Waals surface area contributed by atoms with Gasteiger partial charge in [-0.15, -0.1) is 0 Å². The number of aromatic nitrogens is 2. The average Bonchev–Trinajstić information content (AvgIpc) is 3.37. The average molecular weight is 385 g/mol. The van der Waals surface area contributed by atoms with Crippen molar-refractivity contribution in [3.63, 3.8) is 0 Å². The second-order valence-electron chi connectivity index (χ2n) is 7.71. The van der Waals surface area contributed by atoms with Gasteiger partial charge in [0.2, 0.25) is 5.91 Å². The highest BCUT2D eigenvalue weighted by Gasteiger charge is 2.42. The van der Waals surface area contributed by atoms with Gasteiger partial charge >= 0.3 is 6.03 Å². The van der Waals surface area contributed by atoms with E-state index >= 15 is 0 Å². The molecule has 148 valence electrons. The van der Waals surface area contributed by atoms with Gasteiger partial charge in [-0.3, -0.25) is 9.69 Å². The molecule has 3 heterocycles. The number of rotatable bonds is 3. The Morgan fingerprint density at radius 1 is 1.18 bits per heavy atom. The topological polar surface area (TPSA) is 61.7 Å². The van der Waals surface area contributed by atoms with E-state index in [4.69, 9.17) is 0 Å². The quantitative estimate of drug-likeness (QED) is 0.811. The van der Waals surface area contributed by atoms with Crippen LogP contribution in [-0.4, -0.2) is 64.7 Å². The monoisotopic (exact) mass is 385 g/mol. The summed E-state index contributed by atoms with van der Waals surface area (Å²) in [5.74, 6) is 0.510. The lowest BCUT2D eigenvalue weighted by molar-refractivity contribution is -0.116. The van der Waals surface area contributed by atoms with E-state index in [9.17, 15) is 14.0 Å². The summed E-state index contributed by atoms with van der Waals surface area (Å²) in [5, 5.41) is 4.12. The molecule has 0 N–H and O–H groups in total. The molecule has 7 nitrogen and oxygen atoms in total. The molecule has 8 heteroatoms. The number of likely N-dealkylation sites (tertiary alicyclic amines) is 2. The normalized spacial score (nSPS) is 21.8. The Labute approximate surface area is 163 Å². The van der Waals surface area contributed by atoms with E-state index in [1.165, 1.54) is 28.8 Å². The molecule has 2 aliphatic heterocycles.